The number of likely N-dealkylation sites (tertiary alicyclic amines) is 1. The van der Waals surface area contributed by atoms with Gasteiger partial charge in [0.2, 0.25) is 0 Å². The van der Waals surface area contributed by atoms with Crippen LogP contribution in [-0.2, 0) is 25.3 Å². The smallest absolute Gasteiger partial charge is 0.417 e. The SMILES string of the molecule is O=C(N[C@@H]1COc2cccc(CN3CCCC3)c2C1)c1ccc(C(F)(F)F)cc1C(F)(F)F. The largest absolute Gasteiger partial charge is 0.491 e. The summed E-state index contributed by atoms with van der Waals surface area (Å²) < 4.78 is 84.7. The predicted octanol–water partition coefficient (Wildman–Crippen LogP) is 5.05. The van der Waals surface area contributed by atoms with Gasteiger partial charge in [0, 0.05) is 12.1 Å². The van der Waals surface area contributed by atoms with Crippen molar-refractivity contribution in [1.82, 2.24) is 10.2 Å². The van der Waals surface area contributed by atoms with Crippen LogP contribution in [0.25, 0.3) is 0 Å². The van der Waals surface area contributed by atoms with Crippen molar-refractivity contribution in [2.45, 2.75) is 44.2 Å². The maximum Gasteiger partial charge on any atom is 0.417 e. The number of halogens is 6. The number of hydrogen-bond donors (Lipinski definition) is 1. The number of rotatable bonds is 4. The monoisotopic (exact) mass is 472 g/mol. The molecule has 178 valence electrons. The maximum atomic E-state index is 13.4. The van der Waals surface area contributed by atoms with Gasteiger partial charge in [0.15, 0.2) is 0 Å². The van der Waals surface area contributed by atoms with Crippen molar-refractivity contribution in [3.8, 4) is 5.75 Å². The Morgan fingerprint density at radius 3 is 2.42 bits per heavy atom. The van der Waals surface area contributed by atoms with Gasteiger partial charge >= 0.3 is 12.4 Å². The summed E-state index contributed by atoms with van der Waals surface area (Å²) in [6.45, 7) is 2.73. The molecule has 1 amide bonds. The third-order valence-electron chi connectivity index (χ3n) is 5.95. The minimum Gasteiger partial charge on any atom is -0.491 e. The van der Waals surface area contributed by atoms with E-state index in [4.69, 9.17) is 4.74 Å². The molecule has 1 N–H and O–H groups in total. The van der Waals surface area contributed by atoms with Crippen molar-refractivity contribution in [3.63, 3.8) is 0 Å². The third-order valence-corrected chi connectivity index (χ3v) is 5.95. The fourth-order valence-electron chi connectivity index (χ4n) is 4.31. The first-order valence-corrected chi connectivity index (χ1v) is 10.6. The standard InChI is InChI=1S/C23H22F6N2O2/c24-22(25,26)15-6-7-17(19(10-15)23(27,28)29)21(32)30-16-11-18-14(12-31-8-1-2-9-31)4-3-5-20(18)33-13-16/h3-7,10,16H,1-2,8-9,11-13H2,(H,30,32)/t16-/m0/s1. The number of benzene rings is 2. The van der Waals surface area contributed by atoms with Gasteiger partial charge < -0.3 is 10.1 Å². The molecule has 10 heteroatoms. The number of alkyl halides is 6. The van der Waals surface area contributed by atoms with E-state index >= 15 is 0 Å². The lowest BCUT2D eigenvalue weighted by Gasteiger charge is -2.29. The first-order valence-electron chi connectivity index (χ1n) is 10.6. The van der Waals surface area contributed by atoms with E-state index in [9.17, 15) is 31.1 Å². The average Bonchev–Trinajstić information content (AvgIpc) is 3.25. The first-order chi connectivity index (χ1) is 15.5. The Labute approximate surface area is 186 Å². The molecular weight excluding hydrogens is 450 g/mol. The Morgan fingerprint density at radius 2 is 1.76 bits per heavy atom. The van der Waals surface area contributed by atoms with Gasteiger partial charge in [0.05, 0.1) is 22.7 Å². The van der Waals surface area contributed by atoms with Crippen LogP contribution in [0.15, 0.2) is 36.4 Å². The van der Waals surface area contributed by atoms with Crippen molar-refractivity contribution in [2.24, 2.45) is 0 Å². The van der Waals surface area contributed by atoms with Gasteiger partial charge in [0.1, 0.15) is 12.4 Å². The highest BCUT2D eigenvalue weighted by Crippen LogP contribution is 2.37. The molecule has 1 fully saturated rings. The molecule has 2 aromatic rings. The predicted molar refractivity (Wildman–Crippen MR) is 108 cm³/mol. The molecule has 0 bridgehead atoms. The van der Waals surface area contributed by atoms with E-state index in [1.807, 2.05) is 12.1 Å². The number of hydrogen-bond acceptors (Lipinski definition) is 3. The number of ether oxygens (including phenoxy) is 1. The molecule has 2 aliphatic heterocycles. The maximum absolute atomic E-state index is 13.4. The number of carbonyl (C=O) groups excluding carboxylic acids is 1. The quantitative estimate of drug-likeness (QED) is 0.633. The van der Waals surface area contributed by atoms with E-state index in [-0.39, 0.29) is 12.7 Å². The fraction of sp³-hybridized carbons (Fsp3) is 0.435. The lowest BCUT2D eigenvalue weighted by molar-refractivity contribution is -0.143. The minimum absolute atomic E-state index is 0.0320. The summed E-state index contributed by atoms with van der Waals surface area (Å²) in [5.41, 5.74) is -2.04. The van der Waals surface area contributed by atoms with Crippen LogP contribution in [0, 0.1) is 0 Å². The van der Waals surface area contributed by atoms with Gasteiger partial charge in [-0.1, -0.05) is 12.1 Å². The van der Waals surface area contributed by atoms with E-state index in [1.165, 1.54) is 0 Å². The van der Waals surface area contributed by atoms with Gasteiger partial charge in [-0.3, -0.25) is 9.69 Å². The summed E-state index contributed by atoms with van der Waals surface area (Å²) >= 11 is 0. The van der Waals surface area contributed by atoms with Crippen LogP contribution in [0.2, 0.25) is 0 Å². The summed E-state index contributed by atoms with van der Waals surface area (Å²) in [4.78, 5) is 15.0. The third kappa shape index (κ3) is 5.26. The molecule has 0 saturated carbocycles. The molecule has 0 radical (unpaired) electrons. The van der Waals surface area contributed by atoms with Crippen molar-refractivity contribution in [3.05, 3.63) is 64.2 Å². The first kappa shape index (κ1) is 23.4. The van der Waals surface area contributed by atoms with Crippen LogP contribution in [-0.4, -0.2) is 36.5 Å². The van der Waals surface area contributed by atoms with E-state index < -0.39 is 41.0 Å². The van der Waals surface area contributed by atoms with E-state index in [2.05, 4.69) is 10.2 Å². The lowest BCUT2D eigenvalue weighted by atomic mass is 9.96. The fourth-order valence-corrected chi connectivity index (χ4v) is 4.31. The highest BCUT2D eigenvalue weighted by atomic mass is 19.4. The molecule has 0 aliphatic carbocycles. The number of carbonyl (C=O) groups is 1. The number of nitrogens with zero attached hydrogens (tertiary/aromatic N) is 1. The molecule has 0 unspecified atom stereocenters. The van der Waals surface area contributed by atoms with E-state index in [0.717, 1.165) is 37.1 Å². The van der Waals surface area contributed by atoms with Gasteiger partial charge in [-0.05, 0) is 62.2 Å². The molecule has 2 aromatic carbocycles. The summed E-state index contributed by atoms with van der Waals surface area (Å²) in [7, 11) is 0. The number of amides is 1. The topological polar surface area (TPSA) is 41.6 Å². The summed E-state index contributed by atoms with van der Waals surface area (Å²) in [5.74, 6) is -0.423. The Bertz CT molecular complexity index is 1030. The molecule has 4 rings (SSSR count). The van der Waals surface area contributed by atoms with E-state index in [1.54, 1.807) is 6.07 Å². The molecule has 2 aliphatic rings. The second kappa shape index (κ2) is 8.89. The normalized spacial score (nSPS) is 19.2. The van der Waals surface area contributed by atoms with Crippen LogP contribution < -0.4 is 10.1 Å². The molecule has 1 atom stereocenters. The Balaban J connectivity index is 1.54. The zero-order valence-corrected chi connectivity index (χ0v) is 17.5. The molecule has 0 spiro atoms. The molecule has 4 nitrogen and oxygen atoms in total. The zero-order chi connectivity index (χ0) is 23.8. The molecular formula is C23H22F6N2O2. The van der Waals surface area contributed by atoms with Crippen LogP contribution in [0.1, 0.15) is 45.5 Å². The van der Waals surface area contributed by atoms with Crippen LogP contribution in [0.3, 0.4) is 0 Å². The average molecular weight is 472 g/mol. The second-order valence-corrected chi connectivity index (χ2v) is 8.32. The van der Waals surface area contributed by atoms with Gasteiger partial charge in [0.25, 0.3) is 5.91 Å². The number of nitrogens with one attached hydrogen (secondary N) is 1. The van der Waals surface area contributed by atoms with Crippen molar-refractivity contribution >= 4 is 5.91 Å². The summed E-state index contributed by atoms with van der Waals surface area (Å²) in [5, 5.41) is 2.51. The van der Waals surface area contributed by atoms with Crippen molar-refractivity contribution in [2.75, 3.05) is 19.7 Å². The summed E-state index contributed by atoms with van der Waals surface area (Å²) in [6, 6.07) is 6.04. The molecule has 2 heterocycles. The minimum atomic E-state index is -5.12. The zero-order valence-electron chi connectivity index (χ0n) is 17.5. The van der Waals surface area contributed by atoms with Gasteiger partial charge in [-0.15, -0.1) is 0 Å². The second-order valence-electron chi connectivity index (χ2n) is 8.32. The summed E-state index contributed by atoms with van der Waals surface area (Å²) in [6.07, 6.45) is -7.47. The molecule has 0 aromatic heterocycles. The Kier molecular flexibility index (Phi) is 6.30. The highest BCUT2D eigenvalue weighted by Gasteiger charge is 2.40. The van der Waals surface area contributed by atoms with Crippen LogP contribution in [0.4, 0.5) is 26.3 Å². The lowest BCUT2D eigenvalue weighted by Crippen LogP contribution is -2.43. The van der Waals surface area contributed by atoms with Crippen LogP contribution in [0.5, 0.6) is 5.75 Å². The molecule has 33 heavy (non-hydrogen) atoms. The number of fused-ring (bicyclic) bond motifs is 1. The van der Waals surface area contributed by atoms with Gasteiger partial charge in [-0.25, -0.2) is 0 Å². The highest BCUT2D eigenvalue weighted by molar-refractivity contribution is 5.96. The van der Waals surface area contributed by atoms with Crippen LogP contribution >= 0.6 is 0 Å². The Morgan fingerprint density at radius 1 is 1.03 bits per heavy atom. The van der Waals surface area contributed by atoms with Crippen molar-refractivity contribution < 1.29 is 35.9 Å². The van der Waals surface area contributed by atoms with Crippen molar-refractivity contribution in [1.29, 1.82) is 0 Å². The Hall–Kier alpha value is -2.75. The van der Waals surface area contributed by atoms with E-state index in [0.29, 0.717) is 30.8 Å². The molecule has 1 saturated heterocycles. The van der Waals surface area contributed by atoms with Gasteiger partial charge in [-0.2, -0.15) is 26.3 Å².